The number of likely N-dealkylation sites (N-methyl/N-ethyl adjacent to an activating group) is 2. The minimum atomic E-state index is -0.548. The van der Waals surface area contributed by atoms with Gasteiger partial charge in [0.2, 0.25) is 5.91 Å². The minimum absolute atomic E-state index is 0.0586. The molecule has 0 atom stereocenters. The first-order chi connectivity index (χ1) is 7.79. The van der Waals surface area contributed by atoms with Crippen molar-refractivity contribution in [2.75, 3.05) is 19.0 Å². The topological polar surface area (TPSA) is 32.3 Å². The zero-order valence-electron chi connectivity index (χ0n) is 11.6. The number of nitrogens with zero attached hydrogens (tertiary/aromatic N) is 1. The van der Waals surface area contributed by atoms with E-state index in [0.29, 0.717) is 0 Å². The molecule has 0 aromatic heterocycles. The Kier molecular flexibility index (Phi) is 3.94. The zero-order valence-corrected chi connectivity index (χ0v) is 11.6. The molecular weight excluding hydrogens is 212 g/mol. The van der Waals surface area contributed by atoms with E-state index in [1.165, 1.54) is 11.1 Å². The third-order valence-corrected chi connectivity index (χ3v) is 3.34. The fourth-order valence-corrected chi connectivity index (χ4v) is 1.58. The summed E-state index contributed by atoms with van der Waals surface area (Å²) < 4.78 is 0. The van der Waals surface area contributed by atoms with Crippen molar-refractivity contribution in [3.8, 4) is 0 Å². The highest BCUT2D eigenvalue weighted by atomic mass is 16.2. The lowest BCUT2D eigenvalue weighted by Crippen LogP contribution is -2.51. The third kappa shape index (κ3) is 2.86. The number of anilines is 1. The SMILES string of the molecule is CNC(C)(C)C(=O)N(C)c1ccc(C)c(C)c1. The van der Waals surface area contributed by atoms with Crippen molar-refractivity contribution in [3.05, 3.63) is 29.3 Å². The molecule has 0 saturated carbocycles. The van der Waals surface area contributed by atoms with Crippen LogP contribution in [-0.2, 0) is 4.79 Å². The molecule has 1 rings (SSSR count). The van der Waals surface area contributed by atoms with Gasteiger partial charge in [0.1, 0.15) is 0 Å². The van der Waals surface area contributed by atoms with E-state index in [2.05, 4.69) is 19.2 Å². The van der Waals surface area contributed by atoms with Gasteiger partial charge >= 0.3 is 0 Å². The summed E-state index contributed by atoms with van der Waals surface area (Å²) in [6.07, 6.45) is 0. The van der Waals surface area contributed by atoms with Crippen LogP contribution in [0.2, 0.25) is 0 Å². The molecule has 1 N–H and O–H groups in total. The number of nitrogens with one attached hydrogen (secondary N) is 1. The summed E-state index contributed by atoms with van der Waals surface area (Å²) in [6.45, 7) is 7.89. The Bertz CT molecular complexity index is 424. The van der Waals surface area contributed by atoms with Gasteiger partial charge in [0.05, 0.1) is 5.54 Å². The molecular formula is C14H22N2O. The van der Waals surface area contributed by atoms with Gasteiger partial charge < -0.3 is 10.2 Å². The van der Waals surface area contributed by atoms with Crippen molar-refractivity contribution in [1.29, 1.82) is 0 Å². The molecule has 0 aliphatic rings. The van der Waals surface area contributed by atoms with E-state index < -0.39 is 5.54 Å². The molecule has 0 aliphatic carbocycles. The highest BCUT2D eigenvalue weighted by molar-refractivity contribution is 5.99. The van der Waals surface area contributed by atoms with Crippen molar-refractivity contribution in [2.24, 2.45) is 0 Å². The largest absolute Gasteiger partial charge is 0.314 e. The van der Waals surface area contributed by atoms with Gasteiger partial charge in [-0.1, -0.05) is 6.07 Å². The van der Waals surface area contributed by atoms with Crippen LogP contribution in [0.25, 0.3) is 0 Å². The maximum atomic E-state index is 12.3. The average molecular weight is 234 g/mol. The van der Waals surface area contributed by atoms with E-state index in [-0.39, 0.29) is 5.91 Å². The number of amides is 1. The summed E-state index contributed by atoms with van der Waals surface area (Å²) in [6, 6.07) is 6.06. The van der Waals surface area contributed by atoms with Crippen LogP contribution >= 0.6 is 0 Å². The van der Waals surface area contributed by atoms with Crippen LogP contribution in [0.3, 0.4) is 0 Å². The summed E-state index contributed by atoms with van der Waals surface area (Å²) >= 11 is 0. The van der Waals surface area contributed by atoms with Crippen LogP contribution in [0, 0.1) is 13.8 Å². The molecule has 0 saturated heterocycles. The van der Waals surface area contributed by atoms with E-state index in [1.807, 2.05) is 39.1 Å². The van der Waals surface area contributed by atoms with Crippen LogP contribution in [0.15, 0.2) is 18.2 Å². The molecule has 3 nitrogen and oxygen atoms in total. The summed E-state index contributed by atoms with van der Waals surface area (Å²) in [7, 11) is 3.61. The lowest BCUT2D eigenvalue weighted by molar-refractivity contribution is -0.123. The van der Waals surface area contributed by atoms with Crippen molar-refractivity contribution in [3.63, 3.8) is 0 Å². The fourth-order valence-electron chi connectivity index (χ4n) is 1.58. The Balaban J connectivity index is 3.00. The number of rotatable bonds is 3. The molecule has 1 amide bonds. The number of benzene rings is 1. The van der Waals surface area contributed by atoms with Gasteiger partial charge in [-0.3, -0.25) is 4.79 Å². The smallest absolute Gasteiger partial charge is 0.246 e. The number of hydrogen-bond acceptors (Lipinski definition) is 2. The van der Waals surface area contributed by atoms with Gasteiger partial charge in [0.15, 0.2) is 0 Å². The molecule has 0 bridgehead atoms. The van der Waals surface area contributed by atoms with Crippen LogP contribution < -0.4 is 10.2 Å². The fraction of sp³-hybridized carbons (Fsp3) is 0.500. The third-order valence-electron chi connectivity index (χ3n) is 3.34. The molecule has 1 aromatic rings. The molecule has 3 heteroatoms. The van der Waals surface area contributed by atoms with Crippen LogP contribution in [0.1, 0.15) is 25.0 Å². The van der Waals surface area contributed by atoms with Crippen molar-refractivity contribution in [2.45, 2.75) is 33.2 Å². The van der Waals surface area contributed by atoms with Gasteiger partial charge in [-0.15, -0.1) is 0 Å². The van der Waals surface area contributed by atoms with Gasteiger partial charge in [-0.25, -0.2) is 0 Å². The number of hydrogen-bond donors (Lipinski definition) is 1. The first-order valence-electron chi connectivity index (χ1n) is 5.84. The quantitative estimate of drug-likeness (QED) is 0.870. The van der Waals surface area contributed by atoms with Gasteiger partial charge in [0.25, 0.3) is 0 Å². The van der Waals surface area contributed by atoms with E-state index in [0.717, 1.165) is 5.69 Å². The van der Waals surface area contributed by atoms with Gasteiger partial charge in [-0.2, -0.15) is 0 Å². The first kappa shape index (κ1) is 13.7. The molecule has 0 spiro atoms. The normalized spacial score (nSPS) is 11.4. The minimum Gasteiger partial charge on any atom is -0.314 e. The number of aryl methyl sites for hydroxylation is 2. The highest BCUT2D eigenvalue weighted by Crippen LogP contribution is 2.20. The molecule has 94 valence electrons. The second kappa shape index (κ2) is 4.88. The van der Waals surface area contributed by atoms with Crippen LogP contribution in [-0.4, -0.2) is 25.5 Å². The monoisotopic (exact) mass is 234 g/mol. The average Bonchev–Trinajstić information content (AvgIpc) is 2.30. The second-order valence-electron chi connectivity index (χ2n) is 5.01. The zero-order chi connectivity index (χ0) is 13.2. The molecule has 0 heterocycles. The van der Waals surface area contributed by atoms with Crippen molar-refractivity contribution < 1.29 is 4.79 Å². The van der Waals surface area contributed by atoms with Crippen LogP contribution in [0.4, 0.5) is 5.69 Å². The summed E-state index contributed by atoms with van der Waals surface area (Å²) in [4.78, 5) is 14.0. The van der Waals surface area contributed by atoms with Gasteiger partial charge in [-0.05, 0) is 58.0 Å². The van der Waals surface area contributed by atoms with E-state index in [4.69, 9.17) is 0 Å². The van der Waals surface area contributed by atoms with E-state index in [1.54, 1.807) is 11.9 Å². The summed E-state index contributed by atoms with van der Waals surface area (Å²) in [5.74, 6) is 0.0586. The lowest BCUT2D eigenvalue weighted by Gasteiger charge is -2.29. The Morgan fingerprint density at radius 3 is 2.29 bits per heavy atom. The molecule has 0 radical (unpaired) electrons. The molecule has 1 aromatic carbocycles. The van der Waals surface area contributed by atoms with Crippen molar-refractivity contribution in [1.82, 2.24) is 5.32 Å². The predicted octanol–water partition coefficient (Wildman–Crippen LogP) is 2.26. The Labute approximate surface area is 104 Å². The molecule has 0 unspecified atom stereocenters. The van der Waals surface area contributed by atoms with Gasteiger partial charge in [0, 0.05) is 12.7 Å². The number of carbonyl (C=O) groups excluding carboxylic acids is 1. The Hall–Kier alpha value is -1.35. The summed E-state index contributed by atoms with van der Waals surface area (Å²) in [5, 5.41) is 3.03. The Morgan fingerprint density at radius 1 is 1.24 bits per heavy atom. The van der Waals surface area contributed by atoms with E-state index in [9.17, 15) is 4.79 Å². The lowest BCUT2D eigenvalue weighted by atomic mass is 10.0. The maximum absolute atomic E-state index is 12.3. The number of carbonyl (C=O) groups is 1. The predicted molar refractivity (Wildman–Crippen MR) is 72.5 cm³/mol. The summed E-state index contributed by atoms with van der Waals surface area (Å²) in [5.41, 5.74) is 2.82. The Morgan fingerprint density at radius 2 is 1.82 bits per heavy atom. The van der Waals surface area contributed by atoms with Crippen molar-refractivity contribution >= 4 is 11.6 Å². The molecule has 0 fully saturated rings. The standard InChI is InChI=1S/C14H22N2O/c1-10-7-8-12(9-11(10)2)16(6)13(17)14(3,4)15-5/h7-9,15H,1-6H3. The first-order valence-corrected chi connectivity index (χ1v) is 5.84. The maximum Gasteiger partial charge on any atom is 0.246 e. The second-order valence-corrected chi connectivity index (χ2v) is 5.01. The van der Waals surface area contributed by atoms with Crippen LogP contribution in [0.5, 0.6) is 0 Å². The molecule has 17 heavy (non-hydrogen) atoms. The van der Waals surface area contributed by atoms with E-state index >= 15 is 0 Å². The highest BCUT2D eigenvalue weighted by Gasteiger charge is 2.29. The molecule has 0 aliphatic heterocycles.